The van der Waals surface area contributed by atoms with Crippen molar-refractivity contribution in [1.29, 1.82) is 0 Å². The van der Waals surface area contributed by atoms with E-state index in [-0.39, 0.29) is 17.3 Å². The summed E-state index contributed by atoms with van der Waals surface area (Å²) < 4.78 is 28.4. The highest BCUT2D eigenvalue weighted by Crippen LogP contribution is 2.26. The SMILES string of the molecule is CNC(=O)[C@H](C)N(Cc1cccc(Cl)c1)C(=O)CN(c1ccc(C)cc1)S(=O)(=O)c1ccc(Cl)cc1. The van der Waals surface area contributed by atoms with Crippen LogP contribution in [0.2, 0.25) is 10.0 Å². The summed E-state index contributed by atoms with van der Waals surface area (Å²) in [4.78, 5) is 27.5. The number of likely N-dealkylation sites (N-methyl/N-ethyl adjacent to an activating group) is 1. The van der Waals surface area contributed by atoms with Crippen molar-refractivity contribution in [2.75, 3.05) is 17.9 Å². The van der Waals surface area contributed by atoms with E-state index in [0.717, 1.165) is 9.87 Å². The number of nitrogens with one attached hydrogen (secondary N) is 1. The molecule has 0 aliphatic carbocycles. The van der Waals surface area contributed by atoms with Crippen molar-refractivity contribution in [1.82, 2.24) is 10.2 Å². The molecule has 0 saturated carbocycles. The standard InChI is InChI=1S/C26H27Cl2N3O4S/c1-18-7-11-23(12-8-18)31(36(34,35)24-13-9-21(27)10-14-24)17-25(32)30(19(2)26(33)29-3)16-20-5-4-6-22(28)15-20/h4-15,19H,16-17H2,1-3H3,(H,29,33)/t19-/m0/s1. The zero-order chi connectivity index (χ0) is 26.5. The molecule has 0 aromatic heterocycles. The fourth-order valence-corrected chi connectivity index (χ4v) is 5.35. The van der Waals surface area contributed by atoms with Gasteiger partial charge in [0.05, 0.1) is 10.6 Å². The first-order valence-electron chi connectivity index (χ1n) is 11.1. The number of amides is 2. The smallest absolute Gasteiger partial charge is 0.264 e. The van der Waals surface area contributed by atoms with Gasteiger partial charge >= 0.3 is 0 Å². The highest BCUT2D eigenvalue weighted by Gasteiger charge is 2.32. The summed E-state index contributed by atoms with van der Waals surface area (Å²) in [6, 6.07) is 18.6. The Kier molecular flexibility index (Phi) is 9.00. The number of carbonyl (C=O) groups excluding carboxylic acids is 2. The van der Waals surface area contributed by atoms with Gasteiger partial charge in [-0.25, -0.2) is 8.42 Å². The number of sulfonamides is 1. The Balaban J connectivity index is 2.02. The van der Waals surface area contributed by atoms with Crippen LogP contribution in [0.3, 0.4) is 0 Å². The summed E-state index contributed by atoms with van der Waals surface area (Å²) in [5.41, 5.74) is 1.96. The molecule has 0 aliphatic heterocycles. The molecule has 36 heavy (non-hydrogen) atoms. The van der Waals surface area contributed by atoms with E-state index in [1.54, 1.807) is 55.5 Å². The summed E-state index contributed by atoms with van der Waals surface area (Å²) in [7, 11) is -2.66. The Hall–Kier alpha value is -3.07. The van der Waals surface area contributed by atoms with Crippen LogP contribution in [0.25, 0.3) is 0 Å². The number of hydrogen-bond donors (Lipinski definition) is 1. The third-order valence-corrected chi connectivity index (χ3v) is 7.93. The molecule has 0 aliphatic rings. The van der Waals surface area contributed by atoms with Crippen molar-refractivity contribution >= 4 is 50.7 Å². The van der Waals surface area contributed by atoms with E-state index in [4.69, 9.17) is 23.2 Å². The van der Waals surface area contributed by atoms with Crippen LogP contribution in [0, 0.1) is 6.92 Å². The van der Waals surface area contributed by atoms with E-state index < -0.39 is 28.5 Å². The molecule has 0 fully saturated rings. The maximum absolute atomic E-state index is 13.7. The number of benzene rings is 3. The average Bonchev–Trinajstić information content (AvgIpc) is 2.85. The lowest BCUT2D eigenvalue weighted by molar-refractivity contribution is -0.139. The first kappa shape index (κ1) is 27.5. The monoisotopic (exact) mass is 547 g/mol. The molecule has 0 unspecified atom stereocenters. The minimum absolute atomic E-state index is 0.0129. The van der Waals surface area contributed by atoms with Gasteiger partial charge in [0.25, 0.3) is 10.0 Å². The number of aryl methyl sites for hydroxylation is 1. The van der Waals surface area contributed by atoms with Crippen LogP contribution >= 0.6 is 23.2 Å². The first-order chi connectivity index (χ1) is 17.0. The summed E-state index contributed by atoms with van der Waals surface area (Å²) in [6.45, 7) is 3.02. The van der Waals surface area contributed by atoms with Gasteiger partial charge in [0, 0.05) is 23.6 Å². The summed E-state index contributed by atoms with van der Waals surface area (Å²) >= 11 is 12.1. The van der Waals surface area contributed by atoms with Gasteiger partial charge in [-0.3, -0.25) is 13.9 Å². The summed E-state index contributed by atoms with van der Waals surface area (Å²) in [5.74, 6) is -0.933. The Bertz CT molecular complexity index is 1330. The second-order valence-electron chi connectivity index (χ2n) is 8.24. The molecule has 1 N–H and O–H groups in total. The quantitative estimate of drug-likeness (QED) is 0.422. The van der Waals surface area contributed by atoms with Gasteiger partial charge in [0.2, 0.25) is 11.8 Å². The fraction of sp³-hybridized carbons (Fsp3) is 0.231. The largest absolute Gasteiger partial charge is 0.357 e. The molecule has 1 atom stereocenters. The number of hydrogen-bond acceptors (Lipinski definition) is 4. The predicted molar refractivity (Wildman–Crippen MR) is 143 cm³/mol. The lowest BCUT2D eigenvalue weighted by Crippen LogP contribution is -2.50. The molecule has 2 amide bonds. The molecule has 0 saturated heterocycles. The lowest BCUT2D eigenvalue weighted by Gasteiger charge is -2.31. The van der Waals surface area contributed by atoms with Gasteiger partial charge in [-0.15, -0.1) is 0 Å². The molecular weight excluding hydrogens is 521 g/mol. The number of anilines is 1. The molecule has 0 radical (unpaired) electrons. The molecule has 190 valence electrons. The highest BCUT2D eigenvalue weighted by atomic mass is 35.5. The first-order valence-corrected chi connectivity index (χ1v) is 13.3. The topological polar surface area (TPSA) is 86.8 Å². The van der Waals surface area contributed by atoms with Crippen molar-refractivity contribution in [3.05, 3.63) is 94.0 Å². The van der Waals surface area contributed by atoms with Crippen molar-refractivity contribution in [2.45, 2.75) is 31.3 Å². The molecule has 0 heterocycles. The molecule has 10 heteroatoms. The van der Waals surface area contributed by atoms with Gasteiger partial charge in [0.1, 0.15) is 12.6 Å². The van der Waals surface area contributed by atoms with Crippen LogP contribution in [0.5, 0.6) is 0 Å². The van der Waals surface area contributed by atoms with E-state index in [2.05, 4.69) is 5.32 Å². The van der Waals surface area contributed by atoms with Crippen LogP contribution in [0.4, 0.5) is 5.69 Å². The molecule has 7 nitrogen and oxygen atoms in total. The summed E-state index contributed by atoms with van der Waals surface area (Å²) in [6.07, 6.45) is 0. The number of nitrogens with zero attached hydrogens (tertiary/aromatic N) is 2. The van der Waals surface area contributed by atoms with E-state index in [9.17, 15) is 18.0 Å². The van der Waals surface area contributed by atoms with E-state index in [1.807, 2.05) is 6.92 Å². The summed E-state index contributed by atoms with van der Waals surface area (Å²) in [5, 5.41) is 3.42. The molecule has 3 rings (SSSR count). The Morgan fingerprint density at radius 2 is 1.58 bits per heavy atom. The van der Waals surface area contributed by atoms with Crippen molar-refractivity contribution in [3.63, 3.8) is 0 Å². The minimum atomic E-state index is -4.14. The Morgan fingerprint density at radius 1 is 0.944 bits per heavy atom. The second kappa shape index (κ2) is 11.8. The zero-order valence-electron chi connectivity index (χ0n) is 20.1. The van der Waals surface area contributed by atoms with Crippen LogP contribution in [0.1, 0.15) is 18.1 Å². The molecule has 3 aromatic rings. The van der Waals surface area contributed by atoms with Gasteiger partial charge < -0.3 is 10.2 Å². The van der Waals surface area contributed by atoms with Gasteiger partial charge in [-0.05, 0) is 67.9 Å². The van der Waals surface area contributed by atoms with Crippen LogP contribution < -0.4 is 9.62 Å². The number of rotatable bonds is 9. The van der Waals surface area contributed by atoms with Gasteiger partial charge in [0.15, 0.2) is 0 Å². The maximum Gasteiger partial charge on any atom is 0.264 e. The third-order valence-electron chi connectivity index (χ3n) is 5.66. The minimum Gasteiger partial charge on any atom is -0.357 e. The van der Waals surface area contributed by atoms with Crippen molar-refractivity contribution in [2.24, 2.45) is 0 Å². The number of halogens is 2. The molecule has 3 aromatic carbocycles. The molecule has 0 bridgehead atoms. The van der Waals surface area contributed by atoms with Crippen molar-refractivity contribution in [3.8, 4) is 0 Å². The maximum atomic E-state index is 13.7. The van der Waals surface area contributed by atoms with E-state index in [1.165, 1.54) is 36.2 Å². The van der Waals surface area contributed by atoms with Crippen LogP contribution in [0.15, 0.2) is 77.7 Å². The lowest BCUT2D eigenvalue weighted by atomic mass is 10.1. The highest BCUT2D eigenvalue weighted by molar-refractivity contribution is 7.92. The van der Waals surface area contributed by atoms with Crippen LogP contribution in [-0.4, -0.2) is 44.8 Å². The zero-order valence-corrected chi connectivity index (χ0v) is 22.4. The third kappa shape index (κ3) is 6.57. The Labute approximate surface area is 221 Å². The number of carbonyl (C=O) groups is 2. The normalized spacial score (nSPS) is 12.0. The van der Waals surface area contributed by atoms with Crippen LogP contribution in [-0.2, 0) is 26.2 Å². The second-order valence-corrected chi connectivity index (χ2v) is 11.0. The molecular formula is C26H27Cl2N3O4S. The predicted octanol–water partition coefficient (Wildman–Crippen LogP) is 4.66. The fourth-order valence-electron chi connectivity index (χ4n) is 3.60. The van der Waals surface area contributed by atoms with Gasteiger partial charge in [-0.1, -0.05) is 53.0 Å². The van der Waals surface area contributed by atoms with Crippen molar-refractivity contribution < 1.29 is 18.0 Å². The van der Waals surface area contributed by atoms with Gasteiger partial charge in [-0.2, -0.15) is 0 Å². The Morgan fingerprint density at radius 3 is 2.17 bits per heavy atom. The average molecular weight is 548 g/mol. The molecule has 0 spiro atoms. The van der Waals surface area contributed by atoms with E-state index in [0.29, 0.717) is 21.3 Å². The van der Waals surface area contributed by atoms with E-state index >= 15 is 0 Å².